The van der Waals surface area contributed by atoms with E-state index in [0.717, 1.165) is 35.5 Å². The molecule has 0 fully saturated rings. The standard InChI is InChI=1S/C16H23NO3/c1-11(8-9-18-3)17-12(2)15-10-13-6-5-7-14(19-4)16(13)20-15/h5-7,10-12,17H,8-9H2,1-4H3. The lowest BCUT2D eigenvalue weighted by Crippen LogP contribution is -2.29. The molecule has 1 N–H and O–H groups in total. The van der Waals surface area contributed by atoms with Crippen LogP contribution in [0.15, 0.2) is 28.7 Å². The van der Waals surface area contributed by atoms with Gasteiger partial charge in [-0.05, 0) is 32.4 Å². The van der Waals surface area contributed by atoms with Crippen LogP contribution in [0, 0.1) is 0 Å². The van der Waals surface area contributed by atoms with Crippen LogP contribution in [0.1, 0.15) is 32.1 Å². The fourth-order valence-corrected chi connectivity index (χ4v) is 2.32. The van der Waals surface area contributed by atoms with Crippen molar-refractivity contribution in [3.05, 3.63) is 30.0 Å². The molecule has 4 nitrogen and oxygen atoms in total. The van der Waals surface area contributed by atoms with Gasteiger partial charge in [0.15, 0.2) is 11.3 Å². The second-order valence-electron chi connectivity index (χ2n) is 5.10. The minimum Gasteiger partial charge on any atom is -0.493 e. The van der Waals surface area contributed by atoms with Gasteiger partial charge in [0.05, 0.1) is 13.2 Å². The summed E-state index contributed by atoms with van der Waals surface area (Å²) in [4.78, 5) is 0. The van der Waals surface area contributed by atoms with Gasteiger partial charge in [0.1, 0.15) is 5.76 Å². The average Bonchev–Trinajstić information content (AvgIpc) is 2.89. The fourth-order valence-electron chi connectivity index (χ4n) is 2.32. The van der Waals surface area contributed by atoms with E-state index in [2.05, 4.69) is 25.2 Å². The van der Waals surface area contributed by atoms with E-state index in [9.17, 15) is 0 Å². The molecule has 20 heavy (non-hydrogen) atoms. The van der Waals surface area contributed by atoms with E-state index >= 15 is 0 Å². The van der Waals surface area contributed by atoms with Gasteiger partial charge in [-0.15, -0.1) is 0 Å². The van der Waals surface area contributed by atoms with Gasteiger partial charge in [-0.3, -0.25) is 0 Å². The Morgan fingerprint density at radius 2 is 2.05 bits per heavy atom. The highest BCUT2D eigenvalue weighted by Gasteiger charge is 2.15. The minimum absolute atomic E-state index is 0.152. The smallest absolute Gasteiger partial charge is 0.176 e. The van der Waals surface area contributed by atoms with Crippen LogP contribution in [-0.4, -0.2) is 26.9 Å². The van der Waals surface area contributed by atoms with Crippen LogP contribution in [0.3, 0.4) is 0 Å². The van der Waals surface area contributed by atoms with Crippen molar-refractivity contribution in [2.24, 2.45) is 0 Å². The molecule has 2 aromatic rings. The molecule has 1 heterocycles. The highest BCUT2D eigenvalue weighted by molar-refractivity contribution is 5.83. The Kier molecular flexibility index (Phi) is 5.04. The summed E-state index contributed by atoms with van der Waals surface area (Å²) in [6, 6.07) is 8.51. The maximum absolute atomic E-state index is 5.94. The summed E-state index contributed by atoms with van der Waals surface area (Å²) >= 11 is 0. The van der Waals surface area contributed by atoms with Gasteiger partial charge < -0.3 is 19.2 Å². The Bertz CT molecular complexity index is 550. The first kappa shape index (κ1) is 14.9. The van der Waals surface area contributed by atoms with Crippen molar-refractivity contribution >= 4 is 11.0 Å². The number of methoxy groups -OCH3 is 2. The van der Waals surface area contributed by atoms with Gasteiger partial charge in [0.2, 0.25) is 0 Å². The van der Waals surface area contributed by atoms with Crippen LogP contribution in [0.25, 0.3) is 11.0 Å². The van der Waals surface area contributed by atoms with Crippen molar-refractivity contribution in [1.82, 2.24) is 5.32 Å². The zero-order valence-corrected chi connectivity index (χ0v) is 12.6. The molecule has 0 aliphatic carbocycles. The third-order valence-electron chi connectivity index (χ3n) is 3.46. The molecule has 2 rings (SSSR count). The first-order valence-corrected chi connectivity index (χ1v) is 6.97. The monoisotopic (exact) mass is 277 g/mol. The van der Waals surface area contributed by atoms with Crippen LogP contribution in [0.5, 0.6) is 5.75 Å². The summed E-state index contributed by atoms with van der Waals surface area (Å²) in [6.07, 6.45) is 0.977. The summed E-state index contributed by atoms with van der Waals surface area (Å²) in [5.74, 6) is 1.70. The lowest BCUT2D eigenvalue weighted by atomic mass is 10.1. The number of fused-ring (bicyclic) bond motifs is 1. The quantitative estimate of drug-likeness (QED) is 0.841. The van der Waals surface area contributed by atoms with E-state index in [0.29, 0.717) is 6.04 Å². The molecule has 110 valence electrons. The predicted octanol–water partition coefficient (Wildman–Crippen LogP) is 3.52. The van der Waals surface area contributed by atoms with Crippen LogP contribution in [0.2, 0.25) is 0 Å². The van der Waals surface area contributed by atoms with Gasteiger partial charge in [0, 0.05) is 25.1 Å². The molecule has 0 spiro atoms. The number of nitrogens with one attached hydrogen (secondary N) is 1. The maximum Gasteiger partial charge on any atom is 0.176 e. The third kappa shape index (κ3) is 3.32. The summed E-state index contributed by atoms with van der Waals surface area (Å²) in [5, 5.41) is 4.58. The van der Waals surface area contributed by atoms with Crippen molar-refractivity contribution in [2.45, 2.75) is 32.4 Å². The van der Waals surface area contributed by atoms with Crippen molar-refractivity contribution in [2.75, 3.05) is 20.8 Å². The van der Waals surface area contributed by atoms with Crippen LogP contribution in [0.4, 0.5) is 0 Å². The molecular formula is C16H23NO3. The van der Waals surface area contributed by atoms with Crippen molar-refractivity contribution < 1.29 is 13.9 Å². The summed E-state index contributed by atoms with van der Waals surface area (Å²) in [7, 11) is 3.38. The second kappa shape index (κ2) is 6.77. The van der Waals surface area contributed by atoms with Gasteiger partial charge in [-0.1, -0.05) is 12.1 Å². The highest BCUT2D eigenvalue weighted by Crippen LogP contribution is 2.30. The molecule has 0 saturated heterocycles. The van der Waals surface area contributed by atoms with E-state index in [1.807, 2.05) is 18.2 Å². The molecule has 0 aliphatic rings. The summed E-state index contributed by atoms with van der Waals surface area (Å²) < 4.78 is 16.4. The second-order valence-corrected chi connectivity index (χ2v) is 5.10. The zero-order valence-electron chi connectivity index (χ0n) is 12.6. The lowest BCUT2D eigenvalue weighted by molar-refractivity contribution is 0.182. The van der Waals surface area contributed by atoms with Crippen LogP contribution < -0.4 is 10.1 Å². The molecule has 0 aliphatic heterocycles. The van der Waals surface area contributed by atoms with E-state index < -0.39 is 0 Å². The third-order valence-corrected chi connectivity index (χ3v) is 3.46. The first-order valence-electron chi connectivity index (χ1n) is 6.97. The number of benzene rings is 1. The zero-order chi connectivity index (χ0) is 14.5. The van der Waals surface area contributed by atoms with Crippen molar-refractivity contribution in [1.29, 1.82) is 0 Å². The topological polar surface area (TPSA) is 43.6 Å². The SMILES string of the molecule is COCCC(C)NC(C)c1cc2cccc(OC)c2o1. The van der Waals surface area contributed by atoms with E-state index in [4.69, 9.17) is 13.9 Å². The largest absolute Gasteiger partial charge is 0.493 e. The van der Waals surface area contributed by atoms with Crippen LogP contribution in [-0.2, 0) is 4.74 Å². The minimum atomic E-state index is 0.152. The molecule has 2 unspecified atom stereocenters. The summed E-state index contributed by atoms with van der Waals surface area (Å²) in [5.41, 5.74) is 0.809. The maximum atomic E-state index is 5.94. The van der Waals surface area contributed by atoms with Crippen LogP contribution >= 0.6 is 0 Å². The number of hydrogen-bond acceptors (Lipinski definition) is 4. The molecule has 1 aromatic carbocycles. The Balaban J connectivity index is 2.12. The molecule has 0 bridgehead atoms. The Morgan fingerprint density at radius 3 is 2.75 bits per heavy atom. The molecule has 0 radical (unpaired) electrons. The Hall–Kier alpha value is -1.52. The number of ether oxygens (including phenoxy) is 2. The van der Waals surface area contributed by atoms with Gasteiger partial charge in [-0.2, -0.15) is 0 Å². The fraction of sp³-hybridized carbons (Fsp3) is 0.500. The number of para-hydroxylation sites is 1. The lowest BCUT2D eigenvalue weighted by Gasteiger charge is -2.18. The highest BCUT2D eigenvalue weighted by atomic mass is 16.5. The number of rotatable bonds is 7. The van der Waals surface area contributed by atoms with Gasteiger partial charge in [-0.25, -0.2) is 0 Å². The predicted molar refractivity (Wildman–Crippen MR) is 80.3 cm³/mol. The molecule has 1 aromatic heterocycles. The van der Waals surface area contributed by atoms with Crippen molar-refractivity contribution in [3.63, 3.8) is 0 Å². The molecule has 0 saturated carbocycles. The molecular weight excluding hydrogens is 254 g/mol. The Morgan fingerprint density at radius 1 is 1.25 bits per heavy atom. The Labute approximate surface area is 120 Å². The number of hydrogen-bond donors (Lipinski definition) is 1. The van der Waals surface area contributed by atoms with E-state index in [1.165, 1.54) is 0 Å². The van der Waals surface area contributed by atoms with Crippen molar-refractivity contribution in [3.8, 4) is 5.75 Å². The first-order chi connectivity index (χ1) is 9.65. The molecule has 2 atom stereocenters. The number of furan rings is 1. The molecule has 0 amide bonds. The molecule has 4 heteroatoms. The van der Waals surface area contributed by atoms with E-state index in [-0.39, 0.29) is 6.04 Å². The van der Waals surface area contributed by atoms with Gasteiger partial charge >= 0.3 is 0 Å². The van der Waals surface area contributed by atoms with Gasteiger partial charge in [0.25, 0.3) is 0 Å². The average molecular weight is 277 g/mol. The summed E-state index contributed by atoms with van der Waals surface area (Å²) in [6.45, 7) is 5.01. The normalized spacial score (nSPS) is 14.4. The van der Waals surface area contributed by atoms with E-state index in [1.54, 1.807) is 14.2 Å².